The first kappa shape index (κ1) is 98.3. The second-order valence-electron chi connectivity index (χ2n) is 30.0. The van der Waals surface area contributed by atoms with E-state index in [1.807, 2.05) is 0 Å². The minimum Gasteiger partial charge on any atom is -0.480 e. The van der Waals surface area contributed by atoms with Gasteiger partial charge in [0.15, 0.2) is 12.3 Å². The predicted molar refractivity (Wildman–Crippen MR) is 414 cm³/mol. The average Bonchev–Trinajstić information content (AvgIpc) is 0.785. The molecule has 5 unspecified atom stereocenters. The van der Waals surface area contributed by atoms with Crippen LogP contribution in [0.1, 0.15) is 408 Å². The lowest BCUT2D eigenvalue weighted by Gasteiger charge is -2.46. The van der Waals surface area contributed by atoms with Crippen molar-refractivity contribution in [1.29, 1.82) is 0 Å². The second-order valence-corrected chi connectivity index (χ2v) is 31.6. The average molecular weight is 1500 g/mol. The van der Waals surface area contributed by atoms with Crippen LogP contribution >= 0.6 is 7.60 Å². The van der Waals surface area contributed by atoms with E-state index in [1.165, 1.54) is 57.8 Å². The summed E-state index contributed by atoms with van der Waals surface area (Å²) < 4.78 is 49.3. The summed E-state index contributed by atoms with van der Waals surface area (Å²) in [7, 11) is -4.98. The van der Waals surface area contributed by atoms with Crippen LogP contribution < -0.4 is 16.0 Å². The number of hydrogen-bond acceptors (Lipinski definition) is 15. The van der Waals surface area contributed by atoms with Gasteiger partial charge >= 0.3 is 31.5 Å². The lowest BCUT2D eigenvalue weighted by atomic mass is 9.92. The maximum absolute atomic E-state index is 14.9. The Hall–Kier alpha value is -3.72. The molecule has 104 heavy (non-hydrogen) atoms. The molecule has 22 heteroatoms. The molecule has 0 aromatic carbocycles. The molecule has 9 atom stereocenters. The number of hydrogen-bond donors (Lipinski definition) is 7. The first-order chi connectivity index (χ1) is 50.3. The molecule has 1 saturated heterocycles. The SMILES string of the molecule is CCCCCCCCCCC[C@H](CC(=O)NC1C(OC[C@H](NC(=O)C[C@@H](CCCCCCCCCCC)OC(=O)CCCCCCCCC)C(=O)O)OC(CO)C(OCP(=O)(O)O)C1NC(=O)C[C@@H](CCCCCCCCCCC)OC(=O)CCCCCCCCC)OC(=O)CCCCCCCCC. The number of carbonyl (C=O) groups is 7. The van der Waals surface area contributed by atoms with E-state index in [0.29, 0.717) is 57.8 Å². The second kappa shape index (κ2) is 67.4. The number of nitrogens with one attached hydrogen (secondary N) is 3. The summed E-state index contributed by atoms with van der Waals surface area (Å²) in [6.07, 6.45) is 40.8. The molecule has 1 heterocycles. The van der Waals surface area contributed by atoms with Crippen LogP contribution in [-0.2, 0) is 66.5 Å². The fourth-order valence-corrected chi connectivity index (χ4v) is 14.1. The van der Waals surface area contributed by atoms with E-state index in [9.17, 15) is 58.1 Å². The van der Waals surface area contributed by atoms with E-state index in [1.54, 1.807) is 0 Å². The van der Waals surface area contributed by atoms with Gasteiger partial charge < -0.3 is 64.4 Å². The van der Waals surface area contributed by atoms with E-state index < -0.39 is 124 Å². The number of carbonyl (C=O) groups excluding carboxylic acids is 6. The molecule has 0 saturated carbocycles. The molecule has 0 radical (unpaired) electrons. The number of aliphatic hydroxyl groups excluding tert-OH is 1. The monoisotopic (exact) mass is 1500 g/mol. The van der Waals surface area contributed by atoms with Gasteiger partial charge in [0.05, 0.1) is 38.5 Å². The molecule has 0 aromatic heterocycles. The zero-order valence-electron chi connectivity index (χ0n) is 66.6. The van der Waals surface area contributed by atoms with E-state index in [-0.39, 0.29) is 38.5 Å². The number of aliphatic carboxylic acids is 1. The minimum atomic E-state index is -4.98. The van der Waals surface area contributed by atoms with Gasteiger partial charge in [-0.2, -0.15) is 0 Å². The summed E-state index contributed by atoms with van der Waals surface area (Å²) in [5, 5.41) is 30.2. The number of ether oxygens (including phenoxy) is 6. The van der Waals surface area contributed by atoms with Gasteiger partial charge in [-0.3, -0.25) is 33.3 Å². The standard InChI is InChI=1S/C82H154N3O18P/c1-7-13-19-25-31-34-40-43-49-55-67(100-75(90)58-52-46-37-28-22-16-10-4)61-72(87)83-70(81(93)94)65-98-82-79(85-74(89)63-69(57-51-45-42-36-33-27-21-15-9-3)102-77(92)60-54-48-39-30-24-18-12-6)78(80(71(64-86)103-82)99-66-104(95,96)97)84-73(88)62-68(56-50-44-41-35-32-26-20-14-8-2)101-76(91)59-53-47-38-29-23-17-11-5/h67-71,78-80,82,86H,7-66H2,1-6H3,(H,83,87)(H,84,88)(H,85,89)(H,93,94)(H2,95,96,97)/t67-,68-,69-,70+,71?,78?,79?,80?,82?/m1/s1. The summed E-state index contributed by atoms with van der Waals surface area (Å²) in [4.78, 5) is 118. The van der Waals surface area contributed by atoms with Crippen LogP contribution in [-0.4, -0.2) is 136 Å². The van der Waals surface area contributed by atoms with E-state index >= 15 is 0 Å². The van der Waals surface area contributed by atoms with Crippen molar-refractivity contribution >= 4 is 49.2 Å². The van der Waals surface area contributed by atoms with Gasteiger partial charge in [0, 0.05) is 19.3 Å². The number of amides is 3. The molecular formula is C82H154N3O18P. The topological polar surface area (TPSA) is 309 Å². The molecule has 1 fully saturated rings. The Bertz CT molecular complexity index is 2190. The summed E-state index contributed by atoms with van der Waals surface area (Å²) in [6.45, 7) is 11.3. The molecule has 1 rings (SSSR count). The Balaban J connectivity index is 3.88. The van der Waals surface area contributed by atoms with Crippen LogP contribution in [0, 0.1) is 0 Å². The third kappa shape index (κ3) is 55.6. The van der Waals surface area contributed by atoms with Crippen molar-refractivity contribution in [3.63, 3.8) is 0 Å². The molecule has 0 bridgehead atoms. The normalized spacial score (nSPS) is 17.2. The van der Waals surface area contributed by atoms with Gasteiger partial charge in [-0.15, -0.1) is 0 Å². The quantitative estimate of drug-likeness (QED) is 0.0129. The third-order valence-electron chi connectivity index (χ3n) is 20.0. The summed E-state index contributed by atoms with van der Waals surface area (Å²) in [5.41, 5.74) is 0. The largest absolute Gasteiger partial charge is 0.480 e. The highest BCUT2D eigenvalue weighted by Gasteiger charge is 2.50. The maximum atomic E-state index is 14.9. The molecule has 21 nitrogen and oxygen atoms in total. The number of carboxylic acids is 1. The van der Waals surface area contributed by atoms with Crippen molar-refractivity contribution in [2.24, 2.45) is 0 Å². The highest BCUT2D eigenvalue weighted by Crippen LogP contribution is 2.37. The van der Waals surface area contributed by atoms with Crippen LogP contribution in [0.25, 0.3) is 0 Å². The molecule has 1 aliphatic rings. The zero-order valence-corrected chi connectivity index (χ0v) is 67.5. The van der Waals surface area contributed by atoms with Crippen LogP contribution in [0.4, 0.5) is 0 Å². The third-order valence-corrected chi connectivity index (χ3v) is 20.5. The van der Waals surface area contributed by atoms with Gasteiger partial charge in [-0.25, -0.2) is 4.79 Å². The van der Waals surface area contributed by atoms with Crippen molar-refractivity contribution in [2.75, 3.05) is 19.6 Å². The minimum absolute atomic E-state index is 0.158. The van der Waals surface area contributed by atoms with Crippen molar-refractivity contribution in [1.82, 2.24) is 16.0 Å². The van der Waals surface area contributed by atoms with Crippen molar-refractivity contribution in [2.45, 2.75) is 462 Å². The van der Waals surface area contributed by atoms with Crippen LogP contribution in [0.2, 0.25) is 0 Å². The molecule has 0 spiro atoms. The molecule has 7 N–H and O–H groups in total. The van der Waals surface area contributed by atoms with Crippen molar-refractivity contribution in [3.05, 3.63) is 0 Å². The molecule has 1 aliphatic heterocycles. The summed E-state index contributed by atoms with van der Waals surface area (Å²) in [6, 6.07) is -4.89. The Morgan fingerprint density at radius 2 is 0.663 bits per heavy atom. The molecule has 0 aliphatic carbocycles. The molecule has 3 amide bonds. The smallest absolute Gasteiger partial charge is 0.350 e. The maximum Gasteiger partial charge on any atom is 0.350 e. The van der Waals surface area contributed by atoms with E-state index in [4.69, 9.17) is 28.4 Å². The number of aliphatic hydroxyl groups is 1. The van der Waals surface area contributed by atoms with Gasteiger partial charge in [-0.1, -0.05) is 311 Å². The Morgan fingerprint density at radius 3 is 0.952 bits per heavy atom. The Labute approximate surface area is 630 Å². The van der Waals surface area contributed by atoms with Crippen molar-refractivity contribution < 1.29 is 86.5 Å². The molecule has 610 valence electrons. The van der Waals surface area contributed by atoms with Crippen molar-refractivity contribution in [3.8, 4) is 0 Å². The Morgan fingerprint density at radius 1 is 0.385 bits per heavy atom. The van der Waals surface area contributed by atoms with E-state index in [0.717, 1.165) is 212 Å². The fraction of sp³-hybridized carbons (Fsp3) is 0.915. The first-order valence-corrected chi connectivity index (χ1v) is 44.4. The van der Waals surface area contributed by atoms with Gasteiger partial charge in [-0.05, 0) is 57.8 Å². The van der Waals surface area contributed by atoms with Gasteiger partial charge in [0.2, 0.25) is 17.7 Å². The summed E-state index contributed by atoms with van der Waals surface area (Å²) in [5.74, 6) is -4.99. The predicted octanol–water partition coefficient (Wildman–Crippen LogP) is 18.9. The number of carboxylic acid groups (broad SMARTS) is 1. The fourth-order valence-electron chi connectivity index (χ4n) is 13.8. The summed E-state index contributed by atoms with van der Waals surface area (Å²) >= 11 is 0. The van der Waals surface area contributed by atoms with E-state index in [2.05, 4.69) is 57.5 Å². The highest BCUT2D eigenvalue weighted by atomic mass is 31.2. The molecule has 0 aromatic rings. The van der Waals surface area contributed by atoms with Gasteiger partial charge in [0.1, 0.15) is 42.9 Å². The van der Waals surface area contributed by atoms with Gasteiger partial charge in [0.25, 0.3) is 0 Å². The van der Waals surface area contributed by atoms with Crippen LogP contribution in [0.15, 0.2) is 0 Å². The number of rotatable bonds is 74. The Kier molecular flexibility index (Phi) is 63.7. The van der Waals surface area contributed by atoms with Crippen LogP contribution in [0.5, 0.6) is 0 Å². The number of esters is 3. The zero-order chi connectivity index (χ0) is 76.5. The lowest BCUT2D eigenvalue weighted by molar-refractivity contribution is -0.256. The lowest BCUT2D eigenvalue weighted by Crippen LogP contribution is -2.70. The molecular weight excluding hydrogens is 1350 g/mol. The number of unbranched alkanes of at least 4 members (excludes halogenated alkanes) is 42. The first-order valence-electron chi connectivity index (χ1n) is 42.6. The highest BCUT2D eigenvalue weighted by molar-refractivity contribution is 7.51. The van der Waals surface area contributed by atoms with Crippen LogP contribution in [0.3, 0.4) is 0 Å².